The Morgan fingerprint density at radius 3 is 2.45 bits per heavy atom. The molecule has 1 N–H and O–H groups in total. The first-order valence-corrected chi connectivity index (χ1v) is 14.8. The fraction of sp³-hybridized carbons (Fsp3) is 0.913. The lowest BCUT2D eigenvalue weighted by Gasteiger charge is -2.48. The predicted octanol–water partition coefficient (Wildman–Crippen LogP) is 5.64. The minimum atomic E-state index is -1.55. The molecule has 2 rings (SSSR count). The number of hydrogen-bond donors (Lipinski definition) is 1. The number of hydrogen-bond acceptors (Lipinski definition) is 4. The Hall–Kier alpha value is -0.883. The van der Waals surface area contributed by atoms with Crippen molar-refractivity contribution in [3.8, 4) is 0 Å². The summed E-state index contributed by atoms with van der Waals surface area (Å²) in [6.45, 7) is 14.4. The Morgan fingerprint density at radius 1 is 1.24 bits per heavy atom. The van der Waals surface area contributed by atoms with Gasteiger partial charge in [0.05, 0.1) is 0 Å². The van der Waals surface area contributed by atoms with Crippen LogP contribution in [0.4, 0.5) is 0 Å². The lowest BCUT2D eigenvalue weighted by atomic mass is 9.61. The van der Waals surface area contributed by atoms with Gasteiger partial charge in [0.1, 0.15) is 0 Å². The Labute approximate surface area is 178 Å². The third kappa shape index (κ3) is 5.84. The molecule has 29 heavy (non-hydrogen) atoms. The Morgan fingerprint density at radius 2 is 1.90 bits per heavy atom. The van der Waals surface area contributed by atoms with Crippen LogP contribution in [0.15, 0.2) is 0 Å². The van der Waals surface area contributed by atoms with Gasteiger partial charge >= 0.3 is 11.9 Å². The molecule has 0 radical (unpaired) electrons. The maximum atomic E-state index is 11.6. The molecule has 2 aliphatic carbocycles. The van der Waals surface area contributed by atoms with E-state index < -0.39 is 25.9 Å². The van der Waals surface area contributed by atoms with E-state index in [1.807, 2.05) is 0 Å². The summed E-state index contributed by atoms with van der Waals surface area (Å²) in [5, 5.41) is 9.49. The zero-order valence-corrected chi connectivity index (χ0v) is 20.5. The first-order valence-electron chi connectivity index (χ1n) is 11.4. The molecular formula is C23H42O5Si. The second-order valence-electron chi connectivity index (χ2n) is 11.0. The van der Waals surface area contributed by atoms with Crippen molar-refractivity contribution >= 4 is 20.3 Å². The third-order valence-electron chi connectivity index (χ3n) is 7.46. The van der Waals surface area contributed by atoms with Gasteiger partial charge in [0.25, 0.3) is 0 Å². The van der Waals surface area contributed by atoms with Gasteiger partial charge in [-0.3, -0.25) is 4.79 Å². The largest absolute Gasteiger partial charge is 0.478 e. The predicted molar refractivity (Wildman–Crippen MR) is 117 cm³/mol. The van der Waals surface area contributed by atoms with Crippen LogP contribution < -0.4 is 0 Å². The molecule has 0 spiro atoms. The van der Waals surface area contributed by atoms with E-state index in [4.69, 9.17) is 9.16 Å². The molecule has 0 saturated heterocycles. The third-order valence-corrected chi connectivity index (χ3v) is 8.47. The number of aliphatic carboxylic acids is 1. The van der Waals surface area contributed by atoms with Gasteiger partial charge in [-0.25, -0.2) is 4.79 Å². The number of fused-ring (bicyclic) bond motifs is 1. The molecule has 0 aliphatic heterocycles. The molecule has 0 aromatic carbocycles. The molecule has 0 amide bonds. The minimum Gasteiger partial charge on any atom is -0.478 e. The second-order valence-corrected chi connectivity index (χ2v) is 15.4. The van der Waals surface area contributed by atoms with E-state index in [-0.39, 0.29) is 0 Å². The highest BCUT2D eigenvalue weighted by Gasteiger charge is 2.53. The normalized spacial score (nSPS) is 32.9. The standard InChI is InChI=1S/C23H42O5Si/c1-16(10-8-15-23(4,21(25)26)27-17(2)24)18-12-13-19-20(28-29(5,6)7)11-9-14-22(18,19)3/h16,18-20H,8-15H2,1-7H3,(H,25,26)/t16-,18-,19?,20?,22-,23-/m1/s1. The Bertz CT molecular complexity index is 601. The molecular weight excluding hydrogens is 384 g/mol. The molecule has 0 aromatic heterocycles. The second kappa shape index (κ2) is 9.09. The van der Waals surface area contributed by atoms with E-state index >= 15 is 0 Å². The number of rotatable bonds is 9. The molecule has 2 fully saturated rings. The van der Waals surface area contributed by atoms with Crippen LogP contribution in [0.1, 0.15) is 79.1 Å². The monoisotopic (exact) mass is 426 g/mol. The van der Waals surface area contributed by atoms with Gasteiger partial charge in [0.2, 0.25) is 5.60 Å². The van der Waals surface area contributed by atoms with Crippen molar-refractivity contribution in [1.82, 2.24) is 0 Å². The molecule has 0 aromatic rings. The van der Waals surface area contributed by atoms with E-state index in [2.05, 4.69) is 33.5 Å². The van der Waals surface area contributed by atoms with Crippen molar-refractivity contribution in [2.24, 2.45) is 23.2 Å². The Kier molecular flexibility index (Phi) is 7.64. The van der Waals surface area contributed by atoms with E-state index in [1.54, 1.807) is 0 Å². The van der Waals surface area contributed by atoms with Crippen LogP contribution in [0.5, 0.6) is 0 Å². The van der Waals surface area contributed by atoms with Crippen molar-refractivity contribution in [1.29, 1.82) is 0 Å². The van der Waals surface area contributed by atoms with Gasteiger partial charge in [-0.05, 0) is 88.3 Å². The zero-order chi connectivity index (χ0) is 22.0. The van der Waals surface area contributed by atoms with Crippen LogP contribution >= 0.6 is 0 Å². The van der Waals surface area contributed by atoms with Crippen LogP contribution in [0, 0.1) is 23.2 Å². The summed E-state index contributed by atoms with van der Waals surface area (Å²) in [5.41, 5.74) is -1.09. The smallest absolute Gasteiger partial charge is 0.347 e. The van der Waals surface area contributed by atoms with E-state index in [0.29, 0.717) is 35.7 Å². The zero-order valence-electron chi connectivity index (χ0n) is 19.5. The molecule has 2 saturated carbocycles. The molecule has 2 unspecified atom stereocenters. The van der Waals surface area contributed by atoms with Crippen LogP contribution in [0.25, 0.3) is 0 Å². The van der Waals surface area contributed by atoms with Gasteiger partial charge in [0, 0.05) is 13.0 Å². The van der Waals surface area contributed by atoms with Crippen LogP contribution in [0.2, 0.25) is 19.6 Å². The highest BCUT2D eigenvalue weighted by Crippen LogP contribution is 2.59. The molecule has 6 atom stereocenters. The molecule has 2 aliphatic rings. The van der Waals surface area contributed by atoms with Crippen LogP contribution in [-0.2, 0) is 18.8 Å². The fourth-order valence-electron chi connectivity index (χ4n) is 6.17. The maximum Gasteiger partial charge on any atom is 0.347 e. The highest BCUT2D eigenvalue weighted by atomic mass is 28.4. The summed E-state index contributed by atoms with van der Waals surface area (Å²) in [6.07, 6.45) is 8.71. The average molecular weight is 427 g/mol. The van der Waals surface area contributed by atoms with E-state index in [9.17, 15) is 14.7 Å². The van der Waals surface area contributed by atoms with Crippen molar-refractivity contribution in [2.75, 3.05) is 0 Å². The summed E-state index contributed by atoms with van der Waals surface area (Å²) in [5.74, 6) is 0.244. The first-order chi connectivity index (χ1) is 13.3. The maximum absolute atomic E-state index is 11.6. The number of ether oxygens (including phenoxy) is 1. The molecule has 5 nitrogen and oxygen atoms in total. The molecule has 0 bridgehead atoms. The number of carboxylic acids is 1. The van der Waals surface area contributed by atoms with Crippen LogP contribution in [-0.4, -0.2) is 37.1 Å². The summed E-state index contributed by atoms with van der Waals surface area (Å²) < 4.78 is 11.7. The molecule has 0 heterocycles. The number of carbonyl (C=O) groups is 2. The fourth-order valence-corrected chi connectivity index (χ4v) is 7.36. The Balaban J connectivity index is 1.98. The summed E-state index contributed by atoms with van der Waals surface area (Å²) in [7, 11) is -1.55. The summed E-state index contributed by atoms with van der Waals surface area (Å²) in [4.78, 5) is 22.9. The number of carboxylic acid groups (broad SMARTS) is 1. The van der Waals surface area contributed by atoms with Gasteiger partial charge in [-0.1, -0.05) is 26.7 Å². The average Bonchev–Trinajstić information content (AvgIpc) is 2.90. The van der Waals surface area contributed by atoms with E-state index in [0.717, 1.165) is 12.8 Å². The SMILES string of the molecule is CC(=O)O[C@](C)(CCC[C@@H](C)[C@H]1CCC2C(O[Si](C)(C)C)CCC[C@@]21C)C(=O)O. The summed E-state index contributed by atoms with van der Waals surface area (Å²) >= 11 is 0. The minimum absolute atomic E-state index is 0.327. The number of esters is 1. The first kappa shape index (κ1) is 24.4. The summed E-state index contributed by atoms with van der Waals surface area (Å²) in [6, 6.07) is 0. The van der Waals surface area contributed by atoms with E-state index in [1.165, 1.54) is 46.0 Å². The lowest BCUT2D eigenvalue weighted by Crippen LogP contribution is -2.46. The quantitative estimate of drug-likeness (QED) is 0.382. The van der Waals surface area contributed by atoms with Crippen molar-refractivity contribution in [3.05, 3.63) is 0 Å². The topological polar surface area (TPSA) is 72.8 Å². The highest BCUT2D eigenvalue weighted by molar-refractivity contribution is 6.69. The van der Waals surface area contributed by atoms with Gasteiger partial charge in [-0.2, -0.15) is 0 Å². The lowest BCUT2D eigenvalue weighted by molar-refractivity contribution is -0.176. The molecule has 6 heteroatoms. The van der Waals surface area contributed by atoms with Gasteiger partial charge in [0.15, 0.2) is 8.32 Å². The molecule has 168 valence electrons. The van der Waals surface area contributed by atoms with Crippen molar-refractivity contribution in [2.45, 2.75) is 110 Å². The van der Waals surface area contributed by atoms with Gasteiger partial charge < -0.3 is 14.3 Å². The van der Waals surface area contributed by atoms with Gasteiger partial charge in [-0.15, -0.1) is 0 Å². The number of carbonyl (C=O) groups excluding carboxylic acids is 1. The van der Waals surface area contributed by atoms with Crippen molar-refractivity contribution < 1.29 is 23.9 Å². The van der Waals surface area contributed by atoms with Crippen LogP contribution in [0.3, 0.4) is 0 Å². The van der Waals surface area contributed by atoms with Crippen molar-refractivity contribution in [3.63, 3.8) is 0 Å².